The second kappa shape index (κ2) is 5.15. The molecule has 0 bridgehead atoms. The molecule has 16 heavy (non-hydrogen) atoms. The van der Waals surface area contributed by atoms with Gasteiger partial charge in [-0.1, -0.05) is 0 Å². The van der Waals surface area contributed by atoms with Crippen molar-refractivity contribution < 1.29 is 9.90 Å². The number of aliphatic hydroxyl groups is 1. The Bertz CT molecular complexity index is 242. The van der Waals surface area contributed by atoms with Crippen molar-refractivity contribution in [3.63, 3.8) is 0 Å². The monoisotopic (exact) mass is 230 g/mol. The van der Waals surface area contributed by atoms with E-state index in [1.54, 1.807) is 4.90 Å². The first-order valence-corrected chi connectivity index (χ1v) is 5.76. The van der Waals surface area contributed by atoms with Crippen molar-refractivity contribution in [2.45, 2.75) is 53.1 Å². The zero-order chi connectivity index (χ0) is 13.1. The largest absolute Gasteiger partial charge is 0.395 e. The van der Waals surface area contributed by atoms with Crippen LogP contribution in [0.2, 0.25) is 0 Å². The Kier molecular flexibility index (Phi) is 4.95. The smallest absolute Gasteiger partial charge is 0.230 e. The SMILES string of the molecule is CC(C)N(CCO)C(=O)C(C)(C)C(C)(C)N. The average molecular weight is 230 g/mol. The highest BCUT2D eigenvalue weighted by atomic mass is 16.3. The van der Waals surface area contributed by atoms with E-state index in [4.69, 9.17) is 10.8 Å². The van der Waals surface area contributed by atoms with Gasteiger partial charge in [-0.2, -0.15) is 0 Å². The van der Waals surface area contributed by atoms with E-state index in [1.807, 2.05) is 41.5 Å². The number of aliphatic hydroxyl groups excluding tert-OH is 1. The van der Waals surface area contributed by atoms with Crippen molar-refractivity contribution in [2.24, 2.45) is 11.1 Å². The van der Waals surface area contributed by atoms with E-state index in [9.17, 15) is 4.79 Å². The molecule has 4 heteroatoms. The first kappa shape index (κ1) is 15.4. The molecular formula is C12H26N2O2. The average Bonchev–Trinajstić information content (AvgIpc) is 2.10. The fourth-order valence-electron chi connectivity index (χ4n) is 1.34. The molecule has 0 atom stereocenters. The van der Waals surface area contributed by atoms with Gasteiger partial charge >= 0.3 is 0 Å². The number of hydrogen-bond acceptors (Lipinski definition) is 3. The van der Waals surface area contributed by atoms with E-state index < -0.39 is 11.0 Å². The second-order valence-corrected chi connectivity index (χ2v) is 5.66. The summed E-state index contributed by atoms with van der Waals surface area (Å²) in [6.07, 6.45) is 0. The van der Waals surface area contributed by atoms with Crippen LogP contribution in [0.15, 0.2) is 0 Å². The normalized spacial score (nSPS) is 13.1. The molecule has 0 aliphatic rings. The van der Waals surface area contributed by atoms with Gasteiger partial charge in [-0.25, -0.2) is 0 Å². The lowest BCUT2D eigenvalue weighted by atomic mass is 9.74. The summed E-state index contributed by atoms with van der Waals surface area (Å²) in [5.74, 6) is -0.0101. The van der Waals surface area contributed by atoms with Gasteiger partial charge < -0.3 is 15.7 Å². The summed E-state index contributed by atoms with van der Waals surface area (Å²) in [5, 5.41) is 8.98. The van der Waals surface area contributed by atoms with Crippen molar-refractivity contribution in [2.75, 3.05) is 13.2 Å². The van der Waals surface area contributed by atoms with Crippen LogP contribution in [0.4, 0.5) is 0 Å². The van der Waals surface area contributed by atoms with Crippen molar-refractivity contribution in [3.8, 4) is 0 Å². The van der Waals surface area contributed by atoms with E-state index in [0.717, 1.165) is 0 Å². The summed E-state index contributed by atoms with van der Waals surface area (Å²) in [6.45, 7) is 11.6. The Morgan fingerprint density at radius 3 is 2.00 bits per heavy atom. The van der Waals surface area contributed by atoms with Crippen LogP contribution >= 0.6 is 0 Å². The third-order valence-electron chi connectivity index (χ3n) is 3.37. The summed E-state index contributed by atoms with van der Waals surface area (Å²) >= 11 is 0. The molecule has 0 heterocycles. The third-order valence-corrected chi connectivity index (χ3v) is 3.37. The minimum absolute atomic E-state index is 0.0101. The zero-order valence-electron chi connectivity index (χ0n) is 11.4. The summed E-state index contributed by atoms with van der Waals surface area (Å²) in [6, 6.07) is 0.0706. The number of nitrogens with two attached hydrogens (primary N) is 1. The van der Waals surface area contributed by atoms with Gasteiger partial charge in [0.05, 0.1) is 12.0 Å². The van der Waals surface area contributed by atoms with E-state index in [2.05, 4.69) is 0 Å². The fourth-order valence-corrected chi connectivity index (χ4v) is 1.34. The Balaban J connectivity index is 5.01. The molecule has 0 saturated heterocycles. The van der Waals surface area contributed by atoms with Gasteiger partial charge in [-0.05, 0) is 41.5 Å². The molecule has 0 radical (unpaired) electrons. The molecule has 96 valence electrons. The highest BCUT2D eigenvalue weighted by molar-refractivity contribution is 5.83. The summed E-state index contributed by atoms with van der Waals surface area (Å²) in [7, 11) is 0. The first-order valence-electron chi connectivity index (χ1n) is 5.76. The fraction of sp³-hybridized carbons (Fsp3) is 0.917. The van der Waals surface area contributed by atoms with Crippen LogP contribution in [0.1, 0.15) is 41.5 Å². The number of carbonyl (C=O) groups is 1. The van der Waals surface area contributed by atoms with Crippen molar-refractivity contribution >= 4 is 5.91 Å². The predicted octanol–water partition coefficient (Wildman–Crippen LogP) is 0.979. The van der Waals surface area contributed by atoms with E-state index in [1.165, 1.54) is 0 Å². The summed E-state index contributed by atoms with van der Waals surface area (Å²) in [5.41, 5.74) is 4.80. The highest BCUT2D eigenvalue weighted by Crippen LogP contribution is 2.31. The topological polar surface area (TPSA) is 66.6 Å². The maximum Gasteiger partial charge on any atom is 0.230 e. The van der Waals surface area contributed by atoms with Gasteiger partial charge in [0, 0.05) is 18.1 Å². The molecule has 0 aromatic carbocycles. The predicted molar refractivity (Wildman–Crippen MR) is 66.0 cm³/mol. The molecule has 0 rings (SSSR count). The molecule has 0 spiro atoms. The van der Waals surface area contributed by atoms with Gasteiger partial charge in [0.1, 0.15) is 0 Å². The Morgan fingerprint density at radius 1 is 1.31 bits per heavy atom. The van der Waals surface area contributed by atoms with E-state index in [0.29, 0.717) is 6.54 Å². The third kappa shape index (κ3) is 3.19. The molecule has 0 aromatic heterocycles. The quantitative estimate of drug-likeness (QED) is 0.740. The summed E-state index contributed by atoms with van der Waals surface area (Å²) < 4.78 is 0. The maximum absolute atomic E-state index is 12.4. The molecule has 0 aromatic rings. The molecule has 0 saturated carbocycles. The lowest BCUT2D eigenvalue weighted by Crippen LogP contribution is -2.58. The van der Waals surface area contributed by atoms with Gasteiger partial charge in [-0.15, -0.1) is 0 Å². The molecule has 0 aliphatic carbocycles. The second-order valence-electron chi connectivity index (χ2n) is 5.66. The number of rotatable bonds is 5. The first-order chi connectivity index (χ1) is 7.05. The van der Waals surface area contributed by atoms with Crippen LogP contribution < -0.4 is 5.73 Å². The lowest BCUT2D eigenvalue weighted by molar-refractivity contribution is -0.145. The Labute approximate surface area is 98.8 Å². The maximum atomic E-state index is 12.4. The van der Waals surface area contributed by atoms with E-state index in [-0.39, 0.29) is 18.6 Å². The Hall–Kier alpha value is -0.610. The van der Waals surface area contributed by atoms with Crippen LogP contribution in [-0.2, 0) is 4.79 Å². The molecule has 0 unspecified atom stereocenters. The number of amides is 1. The zero-order valence-corrected chi connectivity index (χ0v) is 11.4. The van der Waals surface area contributed by atoms with Gasteiger partial charge in [0.25, 0.3) is 0 Å². The molecule has 0 fully saturated rings. The minimum Gasteiger partial charge on any atom is -0.395 e. The molecule has 4 nitrogen and oxygen atoms in total. The molecule has 1 amide bonds. The number of carbonyl (C=O) groups excluding carboxylic acids is 1. The number of nitrogens with zero attached hydrogens (tertiary/aromatic N) is 1. The lowest BCUT2D eigenvalue weighted by Gasteiger charge is -2.42. The van der Waals surface area contributed by atoms with Crippen molar-refractivity contribution in [3.05, 3.63) is 0 Å². The van der Waals surface area contributed by atoms with Gasteiger partial charge in [0.15, 0.2) is 0 Å². The highest BCUT2D eigenvalue weighted by Gasteiger charge is 2.43. The molecule has 0 aliphatic heterocycles. The number of hydrogen-bond donors (Lipinski definition) is 2. The van der Waals surface area contributed by atoms with Crippen LogP contribution in [0.25, 0.3) is 0 Å². The van der Waals surface area contributed by atoms with Gasteiger partial charge in [0.2, 0.25) is 5.91 Å². The van der Waals surface area contributed by atoms with Gasteiger partial charge in [-0.3, -0.25) is 4.79 Å². The Morgan fingerprint density at radius 2 is 1.75 bits per heavy atom. The van der Waals surface area contributed by atoms with Crippen LogP contribution in [0.3, 0.4) is 0 Å². The summed E-state index contributed by atoms with van der Waals surface area (Å²) in [4.78, 5) is 14.1. The standard InChI is InChI=1S/C12H26N2O2/c1-9(2)14(7-8-15)10(16)11(3,4)12(5,6)13/h9,15H,7-8,13H2,1-6H3. The molecular weight excluding hydrogens is 204 g/mol. The van der Waals surface area contributed by atoms with Crippen molar-refractivity contribution in [1.29, 1.82) is 0 Å². The van der Waals surface area contributed by atoms with Crippen molar-refractivity contribution in [1.82, 2.24) is 4.90 Å². The molecule has 3 N–H and O–H groups in total. The van der Waals surface area contributed by atoms with Crippen LogP contribution in [0.5, 0.6) is 0 Å². The van der Waals surface area contributed by atoms with E-state index >= 15 is 0 Å². The van der Waals surface area contributed by atoms with Crippen LogP contribution in [0, 0.1) is 5.41 Å². The minimum atomic E-state index is -0.646. The van der Waals surface area contributed by atoms with Crippen LogP contribution in [-0.4, -0.2) is 40.6 Å².